The molecule has 2 fully saturated rings. The first-order valence-corrected chi connectivity index (χ1v) is 16.8. The van der Waals surface area contributed by atoms with Crippen molar-refractivity contribution in [3.8, 4) is 11.5 Å². The summed E-state index contributed by atoms with van der Waals surface area (Å²) in [5.74, 6) is -5.24. The molecule has 4 unspecified atom stereocenters. The van der Waals surface area contributed by atoms with Gasteiger partial charge in [0.2, 0.25) is 0 Å². The summed E-state index contributed by atoms with van der Waals surface area (Å²) >= 11 is 0. The van der Waals surface area contributed by atoms with Gasteiger partial charge in [0.25, 0.3) is 0 Å². The van der Waals surface area contributed by atoms with Crippen LogP contribution in [0, 0.1) is 11.8 Å². The van der Waals surface area contributed by atoms with Gasteiger partial charge in [0, 0.05) is 12.0 Å². The largest absolute Gasteiger partial charge is 0.427 e. The highest BCUT2D eigenvalue weighted by atomic mass is 17.2. The van der Waals surface area contributed by atoms with E-state index >= 15 is 0 Å². The van der Waals surface area contributed by atoms with Crippen molar-refractivity contribution >= 4 is 41.7 Å². The van der Waals surface area contributed by atoms with Crippen molar-refractivity contribution < 1.29 is 52.8 Å². The number of hydrogen-bond acceptors (Lipinski definition) is 11. The molecule has 0 N–H and O–H groups in total. The summed E-state index contributed by atoms with van der Waals surface area (Å²) in [6, 6.07) is 21.1. The number of hydrogen-bond donors (Lipinski definition) is 0. The van der Waals surface area contributed by atoms with Crippen molar-refractivity contribution in [2.45, 2.75) is 63.2 Å². The van der Waals surface area contributed by atoms with E-state index in [-0.39, 0.29) is 30.8 Å². The van der Waals surface area contributed by atoms with Gasteiger partial charge in [-0.25, -0.2) is 0 Å². The minimum absolute atomic E-state index is 0.0655. The van der Waals surface area contributed by atoms with Crippen LogP contribution in [0.1, 0.15) is 90.3 Å². The number of fused-ring (bicyclic) bond motifs is 3. The number of rotatable bonds is 15. The zero-order chi connectivity index (χ0) is 35.0. The summed E-state index contributed by atoms with van der Waals surface area (Å²) in [5, 5.41) is 0. The van der Waals surface area contributed by atoms with Gasteiger partial charge in [0.05, 0.1) is 30.8 Å². The lowest BCUT2D eigenvalue weighted by Crippen LogP contribution is -2.31. The van der Waals surface area contributed by atoms with Crippen molar-refractivity contribution in [2.75, 3.05) is 6.61 Å². The summed E-state index contributed by atoms with van der Waals surface area (Å²) in [6.45, 7) is 0.410. The van der Waals surface area contributed by atoms with Crippen LogP contribution >= 0.6 is 0 Å². The van der Waals surface area contributed by atoms with Gasteiger partial charge in [-0.2, -0.15) is 4.89 Å². The van der Waals surface area contributed by atoms with Crippen LogP contribution in [-0.4, -0.2) is 42.2 Å². The molecule has 11 nitrogen and oxygen atoms in total. The molecule has 0 bridgehead atoms. The Bertz CT molecular complexity index is 1790. The van der Waals surface area contributed by atoms with E-state index in [0.717, 1.165) is 31.2 Å². The second-order valence-corrected chi connectivity index (χ2v) is 12.6. The number of ketones is 1. The fraction of sp³-hybridized carbons (Fsp3) is 0.333. The van der Waals surface area contributed by atoms with Crippen LogP contribution in [0.4, 0.5) is 0 Å². The minimum atomic E-state index is -0.860. The molecular formula is C39H36O11. The lowest BCUT2D eigenvalue weighted by atomic mass is 9.67. The van der Waals surface area contributed by atoms with Crippen LogP contribution in [0.2, 0.25) is 0 Å². The molecule has 2 saturated heterocycles. The Hall–Kier alpha value is -5.42. The Balaban J connectivity index is 0.887. The summed E-state index contributed by atoms with van der Waals surface area (Å²) in [4.78, 5) is 84.7. The second kappa shape index (κ2) is 15.9. The highest BCUT2D eigenvalue weighted by molar-refractivity contribution is 6.06. The summed E-state index contributed by atoms with van der Waals surface area (Å²) < 4.78 is 15.2. The smallest absolute Gasteiger partial charge is 0.321 e. The fourth-order valence-electron chi connectivity index (χ4n) is 6.68. The second-order valence-electron chi connectivity index (χ2n) is 12.6. The molecule has 258 valence electrons. The van der Waals surface area contributed by atoms with E-state index in [2.05, 4.69) is 0 Å². The average Bonchev–Trinajstić information content (AvgIpc) is 3.61. The Morgan fingerprint density at radius 1 is 0.720 bits per heavy atom. The van der Waals surface area contributed by atoms with E-state index in [9.17, 15) is 28.8 Å². The topological polar surface area (TPSA) is 149 Å². The Kier molecular flexibility index (Phi) is 10.9. The third kappa shape index (κ3) is 8.23. The van der Waals surface area contributed by atoms with Crippen LogP contribution in [0.3, 0.4) is 0 Å². The number of benzene rings is 3. The van der Waals surface area contributed by atoms with Crippen molar-refractivity contribution in [1.82, 2.24) is 0 Å². The van der Waals surface area contributed by atoms with Crippen LogP contribution in [0.25, 0.3) is 6.08 Å². The Labute approximate surface area is 288 Å². The Morgan fingerprint density at radius 3 is 2.20 bits per heavy atom. The molecule has 11 heteroatoms. The molecule has 0 aromatic heterocycles. The molecule has 1 aliphatic carbocycles. The molecule has 3 aliphatic rings. The molecule has 0 radical (unpaired) electrons. The predicted octanol–water partition coefficient (Wildman–Crippen LogP) is 6.20. The number of esters is 5. The first kappa shape index (κ1) is 34.4. The normalized spacial score (nSPS) is 21.0. The molecule has 3 aromatic rings. The van der Waals surface area contributed by atoms with Gasteiger partial charge in [0.1, 0.15) is 5.75 Å². The van der Waals surface area contributed by atoms with Crippen molar-refractivity contribution in [2.24, 2.45) is 11.8 Å². The molecule has 0 amide bonds. The number of carbonyl (C=O) groups excluding carboxylic acids is 6. The van der Waals surface area contributed by atoms with Gasteiger partial charge in [-0.05, 0) is 72.2 Å². The van der Waals surface area contributed by atoms with Crippen molar-refractivity contribution in [1.29, 1.82) is 0 Å². The van der Waals surface area contributed by atoms with E-state index in [4.69, 9.17) is 24.0 Å². The molecule has 2 heterocycles. The maximum Gasteiger partial charge on any atom is 0.321 e. The van der Waals surface area contributed by atoms with E-state index in [1.807, 2.05) is 30.3 Å². The quantitative estimate of drug-likeness (QED) is 0.0264. The molecular weight excluding hydrogens is 644 g/mol. The van der Waals surface area contributed by atoms with E-state index in [0.29, 0.717) is 35.5 Å². The molecule has 0 saturated carbocycles. The maximum atomic E-state index is 12.6. The molecule has 4 atom stereocenters. The fourth-order valence-corrected chi connectivity index (χ4v) is 6.68. The summed E-state index contributed by atoms with van der Waals surface area (Å²) in [7, 11) is 0. The zero-order valence-electron chi connectivity index (χ0n) is 27.2. The summed E-state index contributed by atoms with van der Waals surface area (Å²) in [5.41, 5.74) is 2.60. The number of cyclic esters (lactones) is 4. The van der Waals surface area contributed by atoms with Gasteiger partial charge in [-0.3, -0.25) is 28.8 Å². The molecule has 6 rings (SSSR count). The average molecular weight is 681 g/mol. The van der Waals surface area contributed by atoms with Gasteiger partial charge >= 0.3 is 29.8 Å². The number of allylic oxidation sites excluding steroid dienone is 1. The number of carbonyl (C=O) groups is 6. The third-order valence-corrected chi connectivity index (χ3v) is 9.21. The number of ether oxygens (including phenoxy) is 3. The first-order chi connectivity index (χ1) is 24.3. The van der Waals surface area contributed by atoms with Gasteiger partial charge in [0.15, 0.2) is 11.5 Å². The van der Waals surface area contributed by atoms with E-state index in [1.165, 1.54) is 6.08 Å². The Morgan fingerprint density at radius 2 is 1.44 bits per heavy atom. The predicted molar refractivity (Wildman–Crippen MR) is 177 cm³/mol. The number of unbranched alkanes of at least 4 members (excludes halogenated alkanes) is 4. The molecule has 2 aliphatic heterocycles. The maximum absolute atomic E-state index is 12.6. The van der Waals surface area contributed by atoms with Crippen molar-refractivity contribution in [3.05, 3.63) is 101 Å². The van der Waals surface area contributed by atoms with Gasteiger partial charge in [-0.15, -0.1) is 0 Å². The zero-order valence-corrected chi connectivity index (χ0v) is 27.2. The van der Waals surface area contributed by atoms with Crippen LogP contribution in [-0.2, 0) is 38.3 Å². The van der Waals surface area contributed by atoms with Crippen LogP contribution in [0.5, 0.6) is 11.5 Å². The van der Waals surface area contributed by atoms with E-state index < -0.39 is 53.5 Å². The molecule has 0 spiro atoms. The lowest BCUT2D eigenvalue weighted by molar-refractivity contribution is -0.207. The van der Waals surface area contributed by atoms with Crippen molar-refractivity contribution in [3.63, 3.8) is 0 Å². The van der Waals surface area contributed by atoms with Gasteiger partial charge in [-0.1, -0.05) is 73.9 Å². The molecule has 50 heavy (non-hydrogen) atoms. The van der Waals surface area contributed by atoms with Crippen LogP contribution in [0.15, 0.2) is 78.9 Å². The highest BCUT2D eigenvalue weighted by Gasteiger charge is 2.53. The minimum Gasteiger partial charge on any atom is -0.427 e. The van der Waals surface area contributed by atoms with E-state index in [1.54, 1.807) is 48.5 Å². The monoisotopic (exact) mass is 680 g/mol. The lowest BCUT2D eigenvalue weighted by Gasteiger charge is -2.33. The standard InChI is InChI=1S/C39H36O11/c40-33(25-9-5-4-6-10-25)19-14-24-12-15-26(16-13-24)50-46-20-8-3-1-2-7-11-34(41)47-27-17-18-28-29(31-23-35(42)48-37(31)43)22-32-36(30(28)21-27)39(45)49-38(32)44/h4-6,9-10,12-19,21,29,31-32,36H,1-3,7-8,11,20,22-23H2/b19-14+. The summed E-state index contributed by atoms with van der Waals surface area (Å²) in [6.07, 6.45) is 7.58. The first-order valence-electron chi connectivity index (χ1n) is 16.8. The third-order valence-electron chi connectivity index (χ3n) is 9.21. The van der Waals surface area contributed by atoms with Crippen LogP contribution < -0.4 is 9.62 Å². The molecule has 3 aromatic carbocycles. The SMILES string of the molecule is O=C1CC(C2CC3C(=O)OC(=O)C3c3cc(OC(=O)CCCCCCCOOc4ccc(/C=C/C(=O)c5ccccc5)cc4)ccc32)C(=O)O1. The highest BCUT2D eigenvalue weighted by Crippen LogP contribution is 2.51. The van der Waals surface area contributed by atoms with Gasteiger partial charge < -0.3 is 19.1 Å².